The predicted octanol–water partition coefficient (Wildman–Crippen LogP) is 3.02. The van der Waals surface area contributed by atoms with E-state index in [1.54, 1.807) is 25.2 Å². The number of carbonyl (C=O) groups excluding carboxylic acids is 1. The molecule has 1 aromatic carbocycles. The largest absolute Gasteiger partial charge is 0.417 e. The van der Waals surface area contributed by atoms with Crippen LogP contribution < -0.4 is 5.73 Å². The first kappa shape index (κ1) is 22.4. The van der Waals surface area contributed by atoms with Gasteiger partial charge >= 0.3 is 6.18 Å². The highest BCUT2D eigenvalue weighted by Crippen LogP contribution is 2.28. The number of amides is 1. The number of hydrogen-bond donors (Lipinski definition) is 2. The fourth-order valence-electron chi connectivity index (χ4n) is 3.03. The van der Waals surface area contributed by atoms with Crippen LogP contribution in [-0.2, 0) is 12.7 Å². The number of aryl methyl sites for hydroxylation is 1. The molecule has 0 aliphatic carbocycles. The van der Waals surface area contributed by atoms with Gasteiger partial charge in [-0.3, -0.25) is 14.8 Å². The fraction of sp³-hybridized carbons (Fsp3) is 0.286. The van der Waals surface area contributed by atoms with E-state index in [1.807, 2.05) is 13.0 Å². The van der Waals surface area contributed by atoms with E-state index in [2.05, 4.69) is 9.97 Å². The van der Waals surface area contributed by atoms with Crippen LogP contribution in [-0.4, -0.2) is 51.2 Å². The third-order valence-corrected chi connectivity index (χ3v) is 4.83. The molecule has 0 radical (unpaired) electrons. The lowest BCUT2D eigenvalue weighted by molar-refractivity contribution is -0.137. The Morgan fingerprint density at radius 2 is 1.94 bits per heavy atom. The van der Waals surface area contributed by atoms with Crippen molar-refractivity contribution in [2.75, 3.05) is 25.9 Å². The lowest BCUT2D eigenvalue weighted by Gasteiger charge is -2.31. The quantitative estimate of drug-likeness (QED) is 0.581. The molecule has 0 bridgehead atoms. The highest BCUT2D eigenvalue weighted by molar-refractivity contribution is 5.98. The zero-order valence-electron chi connectivity index (χ0n) is 17.0. The molecule has 2 aromatic heterocycles. The highest BCUT2D eigenvalue weighted by atomic mass is 19.4. The van der Waals surface area contributed by atoms with Crippen molar-refractivity contribution in [3.8, 4) is 0 Å². The van der Waals surface area contributed by atoms with Crippen molar-refractivity contribution in [3.05, 3.63) is 65.0 Å². The van der Waals surface area contributed by atoms with Gasteiger partial charge in [0, 0.05) is 30.7 Å². The average molecular weight is 433 g/mol. The van der Waals surface area contributed by atoms with E-state index in [-0.39, 0.29) is 25.4 Å². The Morgan fingerprint density at radius 1 is 1.19 bits per heavy atom. The summed E-state index contributed by atoms with van der Waals surface area (Å²) in [6.07, 6.45) is -3.76. The minimum Gasteiger partial charge on any atom is -0.395 e. The van der Waals surface area contributed by atoms with Crippen LogP contribution in [0.4, 0.5) is 19.0 Å². The summed E-state index contributed by atoms with van der Waals surface area (Å²) >= 11 is 0. The van der Waals surface area contributed by atoms with Crippen molar-refractivity contribution >= 4 is 22.6 Å². The second kappa shape index (κ2) is 8.86. The number of pyridine rings is 2. The van der Waals surface area contributed by atoms with Gasteiger partial charge in [0.05, 0.1) is 29.9 Å². The number of rotatable bonds is 6. The zero-order valence-corrected chi connectivity index (χ0v) is 17.0. The molecule has 0 unspecified atom stereocenters. The van der Waals surface area contributed by atoms with E-state index in [1.165, 1.54) is 16.1 Å². The number of alkyl halides is 3. The number of aliphatic hydroxyl groups excluding tert-OH is 1. The molecule has 7 nitrogen and oxygen atoms in total. The fourth-order valence-corrected chi connectivity index (χ4v) is 3.03. The number of anilines is 1. The van der Waals surface area contributed by atoms with Gasteiger partial charge in [-0.05, 0) is 48.9 Å². The normalized spacial score (nSPS) is 11.8. The molecule has 0 fully saturated rings. The highest BCUT2D eigenvalue weighted by Gasteiger charge is 2.31. The first-order chi connectivity index (χ1) is 14.6. The number of aromatic nitrogens is 2. The van der Waals surface area contributed by atoms with Crippen LogP contribution in [0.2, 0.25) is 0 Å². The lowest BCUT2D eigenvalue weighted by atomic mass is 10.1. The molecule has 3 rings (SSSR count). The van der Waals surface area contributed by atoms with Crippen LogP contribution in [0.15, 0.2) is 42.6 Å². The van der Waals surface area contributed by atoms with Gasteiger partial charge < -0.3 is 10.8 Å². The Bertz CT molecular complexity index is 1090. The minimum absolute atomic E-state index is 0.0650. The van der Waals surface area contributed by atoms with Crippen molar-refractivity contribution in [1.29, 1.82) is 0 Å². The van der Waals surface area contributed by atoms with E-state index < -0.39 is 17.6 Å². The number of likely N-dealkylation sites (N-methyl/N-ethyl adjacent to an activating group) is 1. The van der Waals surface area contributed by atoms with Crippen molar-refractivity contribution in [2.45, 2.75) is 19.6 Å². The molecule has 3 N–H and O–H groups in total. The number of aliphatic hydroxyl groups is 1. The minimum atomic E-state index is -4.49. The van der Waals surface area contributed by atoms with Crippen molar-refractivity contribution in [3.63, 3.8) is 0 Å². The van der Waals surface area contributed by atoms with Gasteiger partial charge in [-0.15, -0.1) is 0 Å². The molecule has 0 spiro atoms. The Morgan fingerprint density at radius 3 is 2.55 bits per heavy atom. The van der Waals surface area contributed by atoms with Crippen LogP contribution in [0, 0.1) is 6.92 Å². The van der Waals surface area contributed by atoms with Gasteiger partial charge in [-0.2, -0.15) is 13.2 Å². The van der Waals surface area contributed by atoms with Gasteiger partial charge in [-0.1, -0.05) is 0 Å². The van der Waals surface area contributed by atoms with Gasteiger partial charge in [0.15, 0.2) is 0 Å². The first-order valence-electron chi connectivity index (χ1n) is 9.43. The predicted molar refractivity (Wildman–Crippen MR) is 110 cm³/mol. The third-order valence-electron chi connectivity index (χ3n) is 4.83. The summed E-state index contributed by atoms with van der Waals surface area (Å²) in [5.41, 5.74) is 7.02. The lowest BCUT2D eigenvalue weighted by Crippen LogP contribution is -2.45. The van der Waals surface area contributed by atoms with Crippen molar-refractivity contribution in [1.82, 2.24) is 20.0 Å². The maximum absolute atomic E-state index is 13.2. The van der Waals surface area contributed by atoms with Crippen molar-refractivity contribution < 1.29 is 23.1 Å². The monoisotopic (exact) mass is 433 g/mol. The average Bonchev–Trinajstić information content (AvgIpc) is 2.72. The number of hydrogen-bond acceptors (Lipinski definition) is 6. The number of nitrogens with two attached hydrogens (primary N) is 1. The Balaban J connectivity index is 1.92. The number of benzene rings is 1. The number of carbonyl (C=O) groups is 1. The summed E-state index contributed by atoms with van der Waals surface area (Å²) < 4.78 is 38.4. The smallest absolute Gasteiger partial charge is 0.395 e. The molecule has 3 aromatic rings. The van der Waals surface area contributed by atoms with Crippen molar-refractivity contribution in [2.24, 2.45) is 0 Å². The second-order valence-electron chi connectivity index (χ2n) is 7.10. The standard InChI is InChI=1S/C21H22F3N5O2/c1-13-9-15-10-14(3-6-18(15)27-19(13)25)20(31)29(28(2)7-8-30)12-17-5-4-16(11-26-17)21(22,23)24/h3-6,9-11,30H,7-8,12H2,1-2H3,(H2,25,27). The summed E-state index contributed by atoms with van der Waals surface area (Å²) in [5.74, 6) is 0.0123. The van der Waals surface area contributed by atoms with Gasteiger partial charge in [0.1, 0.15) is 5.82 Å². The molecular weight excluding hydrogens is 411 g/mol. The summed E-state index contributed by atoms with van der Waals surface area (Å²) in [5, 5.41) is 12.8. The molecule has 2 heterocycles. The molecule has 164 valence electrons. The molecule has 0 aliphatic rings. The van der Waals surface area contributed by atoms with Gasteiger partial charge in [-0.25, -0.2) is 9.99 Å². The molecule has 0 aliphatic heterocycles. The number of fused-ring (bicyclic) bond motifs is 1. The van der Waals surface area contributed by atoms with E-state index in [0.29, 0.717) is 16.9 Å². The molecule has 31 heavy (non-hydrogen) atoms. The molecule has 0 atom stereocenters. The zero-order chi connectivity index (χ0) is 22.8. The Kier molecular flexibility index (Phi) is 6.42. The Hall–Kier alpha value is -3.24. The van der Waals surface area contributed by atoms with Crippen LogP contribution in [0.1, 0.15) is 27.2 Å². The van der Waals surface area contributed by atoms with E-state index in [4.69, 9.17) is 5.73 Å². The third kappa shape index (κ3) is 5.09. The van der Waals surface area contributed by atoms with Gasteiger partial charge in [0.25, 0.3) is 5.91 Å². The molecule has 1 amide bonds. The summed E-state index contributed by atoms with van der Waals surface area (Å²) in [6.45, 7) is 1.69. The maximum atomic E-state index is 13.2. The van der Waals surface area contributed by atoms with Crippen LogP contribution >= 0.6 is 0 Å². The number of hydrazine groups is 1. The summed E-state index contributed by atoms with van der Waals surface area (Å²) in [7, 11) is 1.60. The topological polar surface area (TPSA) is 95.6 Å². The van der Waals surface area contributed by atoms with Gasteiger partial charge in [0.2, 0.25) is 0 Å². The summed E-state index contributed by atoms with van der Waals surface area (Å²) in [4.78, 5) is 21.4. The summed E-state index contributed by atoms with van der Waals surface area (Å²) in [6, 6.07) is 8.94. The Labute approximate surface area is 176 Å². The molecule has 0 saturated heterocycles. The van der Waals surface area contributed by atoms with Crippen LogP contribution in [0.5, 0.6) is 0 Å². The molecule has 0 saturated carbocycles. The van der Waals surface area contributed by atoms with E-state index >= 15 is 0 Å². The maximum Gasteiger partial charge on any atom is 0.417 e. The van der Waals surface area contributed by atoms with E-state index in [9.17, 15) is 23.1 Å². The number of nitrogen functional groups attached to an aromatic ring is 1. The first-order valence-corrected chi connectivity index (χ1v) is 9.43. The van der Waals surface area contributed by atoms with Crippen LogP contribution in [0.25, 0.3) is 10.9 Å². The second-order valence-corrected chi connectivity index (χ2v) is 7.10. The number of halogens is 3. The SMILES string of the molecule is Cc1cc2cc(C(=O)N(Cc3ccc(C(F)(F)F)cn3)N(C)CCO)ccc2nc1N. The molecule has 10 heteroatoms. The number of nitrogens with zero attached hydrogens (tertiary/aromatic N) is 4. The van der Waals surface area contributed by atoms with E-state index in [0.717, 1.165) is 23.2 Å². The van der Waals surface area contributed by atoms with Crippen LogP contribution in [0.3, 0.4) is 0 Å². The molecular formula is C21H22F3N5O2.